The molecule has 0 bridgehead atoms. The van der Waals surface area contributed by atoms with Gasteiger partial charge >= 0.3 is 5.97 Å². The Balaban J connectivity index is 2.00. The molecule has 0 atom stereocenters. The lowest BCUT2D eigenvalue weighted by molar-refractivity contribution is 0.0600. The Morgan fingerprint density at radius 1 is 1.30 bits per heavy atom. The molecule has 3 aromatic rings. The molecule has 0 amide bonds. The van der Waals surface area contributed by atoms with Crippen molar-refractivity contribution < 1.29 is 14.3 Å². The van der Waals surface area contributed by atoms with E-state index in [0.717, 1.165) is 22.2 Å². The van der Waals surface area contributed by atoms with Gasteiger partial charge in [0, 0.05) is 28.0 Å². The molecule has 1 N–H and O–H groups in total. The van der Waals surface area contributed by atoms with Gasteiger partial charge in [0.25, 0.3) is 0 Å². The van der Waals surface area contributed by atoms with E-state index in [0.29, 0.717) is 5.56 Å². The van der Waals surface area contributed by atoms with E-state index in [-0.39, 0.29) is 16.5 Å². The van der Waals surface area contributed by atoms with Crippen molar-refractivity contribution in [3.05, 3.63) is 52.1 Å². The molecule has 3 rings (SSSR count). The molecule has 0 saturated carbocycles. The van der Waals surface area contributed by atoms with Crippen LogP contribution in [0.2, 0.25) is 0 Å². The van der Waals surface area contributed by atoms with Crippen molar-refractivity contribution in [3.8, 4) is 0 Å². The van der Waals surface area contributed by atoms with Gasteiger partial charge in [-0.15, -0.1) is 11.3 Å². The monoisotopic (exact) mass is 286 g/mol. The number of carbonyl (C=O) groups excluding carboxylic acids is 2. The first-order chi connectivity index (χ1) is 9.70. The molecule has 2 aromatic heterocycles. The van der Waals surface area contributed by atoms with E-state index < -0.39 is 5.97 Å². The Labute approximate surface area is 118 Å². The molecule has 6 heteroatoms. The van der Waals surface area contributed by atoms with E-state index in [1.807, 2.05) is 24.3 Å². The van der Waals surface area contributed by atoms with E-state index in [2.05, 4.69) is 14.7 Å². The Morgan fingerprint density at radius 3 is 2.90 bits per heavy atom. The third kappa shape index (κ3) is 2.00. The maximum absolute atomic E-state index is 12.4. The molecule has 2 heterocycles. The van der Waals surface area contributed by atoms with Crippen molar-refractivity contribution in [3.63, 3.8) is 0 Å². The van der Waals surface area contributed by atoms with Crippen LogP contribution >= 0.6 is 11.3 Å². The summed E-state index contributed by atoms with van der Waals surface area (Å²) in [5.74, 6) is -0.748. The van der Waals surface area contributed by atoms with Crippen molar-refractivity contribution in [2.24, 2.45) is 0 Å². The van der Waals surface area contributed by atoms with Gasteiger partial charge in [-0.3, -0.25) is 4.79 Å². The van der Waals surface area contributed by atoms with Crippen LogP contribution in [0, 0.1) is 0 Å². The summed E-state index contributed by atoms with van der Waals surface area (Å²) in [5.41, 5.74) is 1.68. The van der Waals surface area contributed by atoms with Gasteiger partial charge in [0.1, 0.15) is 5.69 Å². The zero-order valence-corrected chi connectivity index (χ0v) is 11.4. The van der Waals surface area contributed by atoms with Gasteiger partial charge in [-0.25, -0.2) is 9.78 Å². The zero-order chi connectivity index (χ0) is 14.1. The number of rotatable bonds is 3. The zero-order valence-electron chi connectivity index (χ0n) is 10.5. The minimum atomic E-state index is -0.534. The molecule has 5 nitrogen and oxygen atoms in total. The largest absolute Gasteiger partial charge is 0.464 e. The lowest BCUT2D eigenvalue weighted by Crippen LogP contribution is -2.04. The molecule has 0 radical (unpaired) electrons. The summed E-state index contributed by atoms with van der Waals surface area (Å²) < 4.78 is 4.58. The van der Waals surface area contributed by atoms with Crippen LogP contribution in [-0.4, -0.2) is 28.8 Å². The molecule has 0 spiro atoms. The van der Waals surface area contributed by atoms with Crippen molar-refractivity contribution in [2.45, 2.75) is 0 Å². The van der Waals surface area contributed by atoms with E-state index in [9.17, 15) is 9.59 Å². The highest BCUT2D eigenvalue weighted by Gasteiger charge is 2.19. The first-order valence-corrected chi connectivity index (χ1v) is 6.73. The number of fused-ring (bicyclic) bond motifs is 1. The first-order valence-electron chi connectivity index (χ1n) is 5.85. The average molecular weight is 286 g/mol. The summed E-state index contributed by atoms with van der Waals surface area (Å²) in [6.07, 6.45) is 1.66. The van der Waals surface area contributed by atoms with Gasteiger partial charge in [-0.1, -0.05) is 18.2 Å². The standard InChI is InChI=1S/C14H10N2O3S/c1-19-14(18)13-16-11(7-20-13)12(17)9-6-15-10-5-3-2-4-8(9)10/h2-7,15H,1H3. The van der Waals surface area contributed by atoms with Crippen LogP contribution in [0.5, 0.6) is 0 Å². The molecular formula is C14H10N2O3S. The summed E-state index contributed by atoms with van der Waals surface area (Å²) in [6, 6.07) is 7.53. The number of nitrogens with one attached hydrogen (secondary N) is 1. The number of methoxy groups -OCH3 is 1. The number of nitrogens with zero attached hydrogens (tertiary/aromatic N) is 1. The molecule has 0 saturated heterocycles. The highest BCUT2D eigenvalue weighted by atomic mass is 32.1. The van der Waals surface area contributed by atoms with Crippen molar-refractivity contribution >= 4 is 34.0 Å². The van der Waals surface area contributed by atoms with E-state index >= 15 is 0 Å². The van der Waals surface area contributed by atoms with E-state index in [1.54, 1.807) is 11.6 Å². The molecule has 20 heavy (non-hydrogen) atoms. The van der Waals surface area contributed by atoms with E-state index in [4.69, 9.17) is 0 Å². The smallest absolute Gasteiger partial charge is 0.367 e. The van der Waals surface area contributed by atoms with Crippen LogP contribution in [0.15, 0.2) is 35.8 Å². The number of benzene rings is 1. The highest BCUT2D eigenvalue weighted by molar-refractivity contribution is 7.11. The van der Waals surface area contributed by atoms with Crippen LogP contribution in [0.25, 0.3) is 10.9 Å². The van der Waals surface area contributed by atoms with Crippen LogP contribution < -0.4 is 0 Å². The SMILES string of the molecule is COC(=O)c1nc(C(=O)c2c[nH]c3ccccc23)cs1. The molecule has 0 aliphatic carbocycles. The van der Waals surface area contributed by atoms with Crippen LogP contribution in [0.1, 0.15) is 25.9 Å². The lowest BCUT2D eigenvalue weighted by atomic mass is 10.1. The number of H-pyrrole nitrogens is 1. The van der Waals surface area contributed by atoms with Crippen molar-refractivity contribution in [1.29, 1.82) is 0 Å². The van der Waals surface area contributed by atoms with E-state index in [1.165, 1.54) is 7.11 Å². The molecule has 0 fully saturated rings. The normalized spacial score (nSPS) is 10.7. The van der Waals surface area contributed by atoms with Crippen molar-refractivity contribution in [2.75, 3.05) is 7.11 Å². The first kappa shape index (κ1) is 12.6. The Kier molecular flexibility index (Phi) is 3.08. The van der Waals surface area contributed by atoms with Gasteiger partial charge in [0.05, 0.1) is 7.11 Å². The topological polar surface area (TPSA) is 72.0 Å². The van der Waals surface area contributed by atoms with Crippen molar-refractivity contribution in [1.82, 2.24) is 9.97 Å². The number of carbonyl (C=O) groups is 2. The number of ether oxygens (including phenoxy) is 1. The molecule has 0 unspecified atom stereocenters. The summed E-state index contributed by atoms with van der Waals surface area (Å²) in [6.45, 7) is 0. The van der Waals surface area contributed by atoms with Crippen LogP contribution in [0.4, 0.5) is 0 Å². The number of aromatic amines is 1. The van der Waals surface area contributed by atoms with Gasteiger partial charge < -0.3 is 9.72 Å². The Bertz CT molecular complexity index is 803. The fraction of sp³-hybridized carbons (Fsp3) is 0.0714. The summed E-state index contributed by atoms with van der Waals surface area (Å²) in [4.78, 5) is 30.8. The molecule has 0 aliphatic rings. The number of para-hydroxylation sites is 1. The third-order valence-electron chi connectivity index (χ3n) is 2.93. The number of esters is 1. The molecular weight excluding hydrogens is 276 g/mol. The molecule has 100 valence electrons. The average Bonchev–Trinajstić information content (AvgIpc) is 3.12. The Morgan fingerprint density at radius 2 is 2.10 bits per heavy atom. The minimum Gasteiger partial charge on any atom is -0.464 e. The number of thiazole rings is 1. The van der Waals surface area contributed by atoms with Gasteiger partial charge in [0.15, 0.2) is 0 Å². The number of aromatic nitrogens is 2. The second-order valence-corrected chi connectivity index (χ2v) is 4.96. The lowest BCUT2D eigenvalue weighted by Gasteiger charge is -1.95. The van der Waals surface area contributed by atoms with Gasteiger partial charge in [0.2, 0.25) is 10.8 Å². The maximum atomic E-state index is 12.4. The summed E-state index contributed by atoms with van der Waals surface area (Å²) in [7, 11) is 1.28. The molecule has 0 aliphatic heterocycles. The second kappa shape index (κ2) is 4.90. The predicted molar refractivity (Wildman–Crippen MR) is 75.2 cm³/mol. The predicted octanol–water partition coefficient (Wildman–Crippen LogP) is 2.64. The summed E-state index contributed by atoms with van der Waals surface area (Å²) >= 11 is 1.10. The Hall–Kier alpha value is -2.47. The van der Waals surface area contributed by atoms with Gasteiger partial charge in [-0.2, -0.15) is 0 Å². The minimum absolute atomic E-state index is 0.177. The second-order valence-electron chi connectivity index (χ2n) is 4.11. The van der Waals surface area contributed by atoms with Gasteiger partial charge in [-0.05, 0) is 6.07 Å². The summed E-state index contributed by atoms with van der Waals surface area (Å²) in [5, 5.41) is 2.58. The highest BCUT2D eigenvalue weighted by Crippen LogP contribution is 2.22. The number of ketones is 1. The number of hydrogen-bond donors (Lipinski definition) is 1. The van der Waals surface area contributed by atoms with Crippen LogP contribution in [0.3, 0.4) is 0 Å². The fourth-order valence-electron chi connectivity index (χ4n) is 1.96. The number of hydrogen-bond acceptors (Lipinski definition) is 5. The quantitative estimate of drug-likeness (QED) is 0.593. The fourth-order valence-corrected chi connectivity index (χ4v) is 2.67. The molecule has 1 aromatic carbocycles. The third-order valence-corrected chi connectivity index (χ3v) is 3.75. The maximum Gasteiger partial charge on any atom is 0.367 e. The van der Waals surface area contributed by atoms with Crippen LogP contribution in [-0.2, 0) is 4.74 Å².